The molecule has 88 valence electrons. The standard InChI is InChI=1S/C13H18FNO/c1-9(8-15)12-7-10(14)5-6-13(12)16-11-3-2-4-11/h5-7,9,11H,2-4,8,15H2,1H3. The molecule has 1 fully saturated rings. The molecule has 0 aliphatic heterocycles. The van der Waals surface area contributed by atoms with Crippen LogP contribution in [0.2, 0.25) is 0 Å². The number of halogens is 1. The highest BCUT2D eigenvalue weighted by molar-refractivity contribution is 5.37. The number of hydrogen-bond donors (Lipinski definition) is 1. The highest BCUT2D eigenvalue weighted by atomic mass is 19.1. The molecule has 2 rings (SSSR count). The summed E-state index contributed by atoms with van der Waals surface area (Å²) in [6.45, 7) is 2.49. The largest absolute Gasteiger partial charge is 0.490 e. The first-order chi connectivity index (χ1) is 7.70. The minimum Gasteiger partial charge on any atom is -0.490 e. The Morgan fingerprint density at radius 2 is 2.25 bits per heavy atom. The molecular weight excluding hydrogens is 205 g/mol. The molecular formula is C13H18FNO. The average molecular weight is 223 g/mol. The Morgan fingerprint density at radius 1 is 1.50 bits per heavy atom. The van der Waals surface area contributed by atoms with Gasteiger partial charge in [-0.1, -0.05) is 6.92 Å². The average Bonchev–Trinajstić information content (AvgIpc) is 2.23. The van der Waals surface area contributed by atoms with Crippen LogP contribution in [0.4, 0.5) is 4.39 Å². The van der Waals surface area contributed by atoms with E-state index in [1.165, 1.54) is 18.6 Å². The third-order valence-corrected chi connectivity index (χ3v) is 3.20. The van der Waals surface area contributed by atoms with Crippen LogP contribution in [-0.2, 0) is 0 Å². The predicted molar refractivity (Wildman–Crippen MR) is 62.1 cm³/mol. The zero-order chi connectivity index (χ0) is 11.5. The van der Waals surface area contributed by atoms with E-state index in [0.29, 0.717) is 12.6 Å². The summed E-state index contributed by atoms with van der Waals surface area (Å²) in [7, 11) is 0. The number of benzene rings is 1. The molecule has 16 heavy (non-hydrogen) atoms. The summed E-state index contributed by atoms with van der Waals surface area (Å²) in [5.74, 6) is 0.700. The van der Waals surface area contributed by atoms with Gasteiger partial charge < -0.3 is 10.5 Å². The molecule has 0 spiro atoms. The number of nitrogens with two attached hydrogens (primary N) is 1. The fraction of sp³-hybridized carbons (Fsp3) is 0.538. The third-order valence-electron chi connectivity index (χ3n) is 3.20. The fourth-order valence-electron chi connectivity index (χ4n) is 1.81. The van der Waals surface area contributed by atoms with Gasteiger partial charge in [0, 0.05) is 5.56 Å². The molecule has 1 aromatic carbocycles. The molecule has 1 aromatic rings. The molecule has 0 radical (unpaired) electrons. The first-order valence-electron chi connectivity index (χ1n) is 5.87. The molecule has 2 N–H and O–H groups in total. The normalized spacial score (nSPS) is 17.9. The zero-order valence-electron chi connectivity index (χ0n) is 9.58. The van der Waals surface area contributed by atoms with E-state index in [1.54, 1.807) is 6.07 Å². The van der Waals surface area contributed by atoms with Gasteiger partial charge in [0.1, 0.15) is 11.6 Å². The maximum absolute atomic E-state index is 13.2. The van der Waals surface area contributed by atoms with E-state index in [9.17, 15) is 4.39 Å². The summed E-state index contributed by atoms with van der Waals surface area (Å²) in [4.78, 5) is 0. The lowest BCUT2D eigenvalue weighted by Gasteiger charge is -2.28. The molecule has 1 aliphatic rings. The monoisotopic (exact) mass is 223 g/mol. The molecule has 0 bridgehead atoms. The van der Waals surface area contributed by atoms with Crippen molar-refractivity contribution in [1.82, 2.24) is 0 Å². The van der Waals surface area contributed by atoms with Crippen LogP contribution in [0.3, 0.4) is 0 Å². The van der Waals surface area contributed by atoms with Crippen molar-refractivity contribution in [1.29, 1.82) is 0 Å². The Hall–Kier alpha value is -1.09. The topological polar surface area (TPSA) is 35.2 Å². The van der Waals surface area contributed by atoms with E-state index in [0.717, 1.165) is 24.2 Å². The van der Waals surface area contributed by atoms with Crippen LogP contribution in [0.5, 0.6) is 5.75 Å². The van der Waals surface area contributed by atoms with Crippen molar-refractivity contribution in [2.75, 3.05) is 6.54 Å². The van der Waals surface area contributed by atoms with Crippen molar-refractivity contribution in [2.45, 2.75) is 38.2 Å². The minimum absolute atomic E-state index is 0.130. The van der Waals surface area contributed by atoms with Crippen molar-refractivity contribution in [3.8, 4) is 5.75 Å². The molecule has 0 saturated heterocycles. The van der Waals surface area contributed by atoms with Crippen molar-refractivity contribution in [3.63, 3.8) is 0 Å². The second-order valence-corrected chi connectivity index (χ2v) is 4.49. The molecule has 1 saturated carbocycles. The van der Waals surface area contributed by atoms with Crippen molar-refractivity contribution < 1.29 is 9.13 Å². The van der Waals surface area contributed by atoms with Crippen molar-refractivity contribution >= 4 is 0 Å². The van der Waals surface area contributed by atoms with Gasteiger partial charge in [0.15, 0.2) is 0 Å². The maximum Gasteiger partial charge on any atom is 0.123 e. The van der Waals surface area contributed by atoms with Crippen LogP contribution in [0.25, 0.3) is 0 Å². The smallest absolute Gasteiger partial charge is 0.123 e. The highest BCUT2D eigenvalue weighted by Crippen LogP contribution is 2.31. The summed E-state index contributed by atoms with van der Waals surface area (Å²) in [5, 5.41) is 0. The van der Waals surface area contributed by atoms with Crippen LogP contribution in [0.1, 0.15) is 37.7 Å². The fourth-order valence-corrected chi connectivity index (χ4v) is 1.81. The predicted octanol–water partition coefficient (Wildman–Crippen LogP) is 2.82. The number of rotatable bonds is 4. The lowest BCUT2D eigenvalue weighted by molar-refractivity contribution is 0.118. The Balaban J connectivity index is 2.20. The molecule has 3 heteroatoms. The number of hydrogen-bond acceptors (Lipinski definition) is 2. The lowest BCUT2D eigenvalue weighted by Crippen LogP contribution is -2.25. The van der Waals surface area contributed by atoms with Crippen molar-refractivity contribution in [3.05, 3.63) is 29.6 Å². The van der Waals surface area contributed by atoms with Gasteiger partial charge in [0.2, 0.25) is 0 Å². The summed E-state index contributed by atoms with van der Waals surface area (Å²) in [6.07, 6.45) is 3.75. The van der Waals surface area contributed by atoms with Gasteiger partial charge in [-0.05, 0) is 49.9 Å². The van der Waals surface area contributed by atoms with Crippen LogP contribution in [0.15, 0.2) is 18.2 Å². The molecule has 0 aromatic heterocycles. The summed E-state index contributed by atoms with van der Waals surface area (Å²) < 4.78 is 19.0. The van der Waals surface area contributed by atoms with Crippen LogP contribution in [0, 0.1) is 5.82 Å². The molecule has 1 atom stereocenters. The minimum atomic E-state index is -0.226. The van der Waals surface area contributed by atoms with Crippen LogP contribution >= 0.6 is 0 Å². The Labute approximate surface area is 95.6 Å². The van der Waals surface area contributed by atoms with Gasteiger partial charge in [-0.3, -0.25) is 0 Å². The van der Waals surface area contributed by atoms with Gasteiger partial charge in [-0.25, -0.2) is 4.39 Å². The van der Waals surface area contributed by atoms with Gasteiger partial charge >= 0.3 is 0 Å². The van der Waals surface area contributed by atoms with Gasteiger partial charge in [-0.15, -0.1) is 0 Å². The highest BCUT2D eigenvalue weighted by Gasteiger charge is 2.21. The zero-order valence-corrected chi connectivity index (χ0v) is 9.58. The summed E-state index contributed by atoms with van der Waals surface area (Å²) in [5.41, 5.74) is 6.51. The SMILES string of the molecule is CC(CN)c1cc(F)ccc1OC1CCC1. The first-order valence-corrected chi connectivity index (χ1v) is 5.87. The quantitative estimate of drug-likeness (QED) is 0.851. The van der Waals surface area contributed by atoms with Gasteiger partial charge in [-0.2, -0.15) is 0 Å². The second kappa shape index (κ2) is 4.83. The molecule has 0 amide bonds. The Morgan fingerprint density at radius 3 is 2.81 bits per heavy atom. The van der Waals surface area contributed by atoms with Gasteiger partial charge in [0.05, 0.1) is 6.10 Å². The summed E-state index contributed by atoms with van der Waals surface area (Å²) in [6, 6.07) is 4.70. The van der Waals surface area contributed by atoms with E-state index in [-0.39, 0.29) is 11.7 Å². The van der Waals surface area contributed by atoms with E-state index < -0.39 is 0 Å². The van der Waals surface area contributed by atoms with E-state index in [1.807, 2.05) is 6.92 Å². The van der Waals surface area contributed by atoms with Crippen molar-refractivity contribution in [2.24, 2.45) is 5.73 Å². The Kier molecular flexibility index (Phi) is 3.44. The van der Waals surface area contributed by atoms with Crippen LogP contribution < -0.4 is 10.5 Å². The molecule has 1 unspecified atom stereocenters. The van der Waals surface area contributed by atoms with E-state index in [2.05, 4.69) is 0 Å². The Bertz CT molecular complexity index is 363. The van der Waals surface area contributed by atoms with Gasteiger partial charge in [0.25, 0.3) is 0 Å². The number of ether oxygens (including phenoxy) is 1. The second-order valence-electron chi connectivity index (χ2n) is 4.49. The molecule has 2 nitrogen and oxygen atoms in total. The van der Waals surface area contributed by atoms with E-state index in [4.69, 9.17) is 10.5 Å². The summed E-state index contributed by atoms with van der Waals surface area (Å²) >= 11 is 0. The van der Waals surface area contributed by atoms with Crippen LogP contribution in [-0.4, -0.2) is 12.6 Å². The maximum atomic E-state index is 13.2. The molecule has 0 heterocycles. The third kappa shape index (κ3) is 2.35. The first kappa shape index (κ1) is 11.4. The molecule has 1 aliphatic carbocycles. The lowest BCUT2D eigenvalue weighted by atomic mass is 9.95. The van der Waals surface area contributed by atoms with E-state index >= 15 is 0 Å².